The topological polar surface area (TPSA) is 71.2 Å². The van der Waals surface area contributed by atoms with Crippen LogP contribution in [0.3, 0.4) is 0 Å². The van der Waals surface area contributed by atoms with Crippen molar-refractivity contribution in [3.8, 4) is 5.69 Å². The molecule has 1 amide bonds. The van der Waals surface area contributed by atoms with Crippen molar-refractivity contribution in [2.75, 3.05) is 13.1 Å². The number of carbonyl (C=O) groups excluding carboxylic acids is 1. The summed E-state index contributed by atoms with van der Waals surface area (Å²) in [6.07, 6.45) is 3.02. The highest BCUT2D eigenvalue weighted by Gasteiger charge is 2.27. The summed E-state index contributed by atoms with van der Waals surface area (Å²) < 4.78 is 1.62. The number of aryl methyl sites for hydroxylation is 1. The average molecular weight is 314 g/mol. The van der Waals surface area contributed by atoms with Gasteiger partial charge >= 0.3 is 0 Å². The summed E-state index contributed by atoms with van der Waals surface area (Å²) in [5, 5.41) is 17.7. The number of piperidine rings is 1. The normalized spacial score (nSPS) is 17.3. The molecule has 23 heavy (non-hydrogen) atoms. The van der Waals surface area contributed by atoms with E-state index in [1.807, 2.05) is 38.1 Å². The van der Waals surface area contributed by atoms with Crippen molar-refractivity contribution in [3.63, 3.8) is 0 Å². The van der Waals surface area contributed by atoms with Crippen LogP contribution in [-0.4, -0.2) is 50.1 Å². The first-order valence-electron chi connectivity index (χ1n) is 8.01. The van der Waals surface area contributed by atoms with Gasteiger partial charge in [-0.25, -0.2) is 4.68 Å². The second kappa shape index (κ2) is 6.50. The fraction of sp³-hybridized carbons (Fsp3) is 0.471. The van der Waals surface area contributed by atoms with Gasteiger partial charge in [0.05, 0.1) is 18.0 Å². The van der Waals surface area contributed by atoms with Crippen LogP contribution in [0.15, 0.2) is 30.5 Å². The van der Waals surface area contributed by atoms with Gasteiger partial charge in [0, 0.05) is 13.1 Å². The van der Waals surface area contributed by atoms with Crippen LogP contribution in [0.4, 0.5) is 0 Å². The third-order valence-electron chi connectivity index (χ3n) is 4.52. The molecule has 1 aliphatic rings. The number of aliphatic hydroxyl groups is 1. The molecule has 1 unspecified atom stereocenters. The van der Waals surface area contributed by atoms with E-state index in [0.717, 1.165) is 18.5 Å². The van der Waals surface area contributed by atoms with Gasteiger partial charge in [-0.05, 0) is 44.7 Å². The van der Waals surface area contributed by atoms with E-state index < -0.39 is 0 Å². The van der Waals surface area contributed by atoms with Crippen LogP contribution in [0.5, 0.6) is 0 Å². The maximum atomic E-state index is 12.5. The summed E-state index contributed by atoms with van der Waals surface area (Å²) in [5.41, 5.74) is 2.42. The third kappa shape index (κ3) is 3.42. The molecule has 3 rings (SSSR count). The first-order valence-corrected chi connectivity index (χ1v) is 8.01. The van der Waals surface area contributed by atoms with Gasteiger partial charge in [0.25, 0.3) is 5.91 Å². The molecule has 1 saturated heterocycles. The number of hydrogen-bond acceptors (Lipinski definition) is 4. The molecule has 0 spiro atoms. The van der Waals surface area contributed by atoms with Gasteiger partial charge in [-0.15, -0.1) is 5.10 Å². The minimum absolute atomic E-state index is 0.0904. The highest BCUT2D eigenvalue weighted by Crippen LogP contribution is 2.21. The molecule has 0 bridgehead atoms. The van der Waals surface area contributed by atoms with E-state index >= 15 is 0 Å². The van der Waals surface area contributed by atoms with Gasteiger partial charge in [0.1, 0.15) is 0 Å². The molecule has 0 aliphatic carbocycles. The van der Waals surface area contributed by atoms with Crippen molar-refractivity contribution in [1.29, 1.82) is 0 Å². The Kier molecular flexibility index (Phi) is 4.43. The van der Waals surface area contributed by atoms with Crippen LogP contribution in [0.25, 0.3) is 5.69 Å². The van der Waals surface area contributed by atoms with Gasteiger partial charge in [0.15, 0.2) is 5.69 Å². The minimum Gasteiger partial charge on any atom is -0.393 e. The lowest BCUT2D eigenvalue weighted by molar-refractivity contribution is 0.0517. The Hall–Kier alpha value is -2.21. The molecule has 6 nitrogen and oxygen atoms in total. The van der Waals surface area contributed by atoms with Crippen molar-refractivity contribution >= 4 is 5.91 Å². The second-order valence-corrected chi connectivity index (χ2v) is 6.25. The minimum atomic E-state index is -0.310. The van der Waals surface area contributed by atoms with Gasteiger partial charge in [-0.2, -0.15) is 0 Å². The summed E-state index contributed by atoms with van der Waals surface area (Å²) in [5.74, 6) is 0.190. The molecule has 1 aliphatic heterocycles. The Morgan fingerprint density at radius 2 is 1.91 bits per heavy atom. The SMILES string of the molecule is Cc1ccc(-n2cc(C(=O)N3CCC(C(C)O)CC3)nn2)cc1. The zero-order valence-corrected chi connectivity index (χ0v) is 13.5. The van der Waals surface area contributed by atoms with Crippen molar-refractivity contribution in [2.45, 2.75) is 32.8 Å². The fourth-order valence-electron chi connectivity index (χ4n) is 2.93. The number of amides is 1. The molecular formula is C17H22N4O2. The number of aliphatic hydroxyl groups excluding tert-OH is 1. The molecule has 6 heteroatoms. The van der Waals surface area contributed by atoms with Crippen LogP contribution in [-0.2, 0) is 0 Å². The predicted octanol–water partition coefficient (Wildman–Crippen LogP) is 1.81. The standard InChI is InChI=1S/C17H22N4O2/c1-12-3-5-15(6-4-12)21-11-16(18-19-21)17(23)20-9-7-14(8-10-20)13(2)22/h3-6,11,13-14,22H,7-10H2,1-2H3. The smallest absolute Gasteiger partial charge is 0.276 e. The van der Waals surface area contributed by atoms with Crippen molar-refractivity contribution in [2.24, 2.45) is 5.92 Å². The van der Waals surface area contributed by atoms with E-state index in [2.05, 4.69) is 10.3 Å². The van der Waals surface area contributed by atoms with Crippen molar-refractivity contribution in [3.05, 3.63) is 41.7 Å². The number of benzene rings is 1. The van der Waals surface area contributed by atoms with E-state index in [0.29, 0.717) is 18.8 Å². The molecule has 122 valence electrons. The van der Waals surface area contributed by atoms with Gasteiger partial charge < -0.3 is 10.0 Å². The van der Waals surface area contributed by atoms with Crippen LogP contribution in [0.2, 0.25) is 0 Å². The molecule has 1 aromatic heterocycles. The maximum absolute atomic E-state index is 12.5. The molecule has 1 aromatic carbocycles. The van der Waals surface area contributed by atoms with E-state index in [1.165, 1.54) is 5.56 Å². The van der Waals surface area contributed by atoms with Crippen LogP contribution in [0, 0.1) is 12.8 Å². The summed E-state index contributed by atoms with van der Waals surface area (Å²) >= 11 is 0. The fourth-order valence-corrected chi connectivity index (χ4v) is 2.93. The molecule has 1 N–H and O–H groups in total. The van der Waals surface area contributed by atoms with E-state index in [9.17, 15) is 9.90 Å². The lowest BCUT2D eigenvalue weighted by Crippen LogP contribution is -2.40. The lowest BCUT2D eigenvalue weighted by Gasteiger charge is -2.32. The summed E-state index contributed by atoms with van der Waals surface area (Å²) in [4.78, 5) is 14.3. The van der Waals surface area contributed by atoms with Crippen molar-refractivity contribution < 1.29 is 9.90 Å². The molecule has 1 atom stereocenters. The average Bonchev–Trinajstić information content (AvgIpc) is 3.05. The number of aromatic nitrogens is 3. The first-order chi connectivity index (χ1) is 11.0. The van der Waals surface area contributed by atoms with E-state index in [1.54, 1.807) is 15.8 Å². The predicted molar refractivity (Wildman–Crippen MR) is 86.4 cm³/mol. The number of hydrogen-bond donors (Lipinski definition) is 1. The van der Waals surface area contributed by atoms with Crippen molar-refractivity contribution in [1.82, 2.24) is 19.9 Å². The Morgan fingerprint density at radius 1 is 1.26 bits per heavy atom. The number of nitrogens with zero attached hydrogens (tertiary/aromatic N) is 4. The molecule has 2 heterocycles. The summed E-state index contributed by atoms with van der Waals surface area (Å²) in [7, 11) is 0. The van der Waals surface area contributed by atoms with Crippen LogP contribution < -0.4 is 0 Å². The Bertz CT molecular complexity index is 670. The van der Waals surface area contributed by atoms with E-state index in [4.69, 9.17) is 0 Å². The zero-order chi connectivity index (χ0) is 16.4. The summed E-state index contributed by atoms with van der Waals surface area (Å²) in [6, 6.07) is 7.90. The molecular weight excluding hydrogens is 292 g/mol. The highest BCUT2D eigenvalue weighted by molar-refractivity contribution is 5.92. The Morgan fingerprint density at radius 3 is 2.52 bits per heavy atom. The Balaban J connectivity index is 1.68. The van der Waals surface area contributed by atoms with E-state index in [-0.39, 0.29) is 17.9 Å². The first kappa shape index (κ1) is 15.7. The number of likely N-dealkylation sites (tertiary alicyclic amines) is 1. The lowest BCUT2D eigenvalue weighted by atomic mass is 9.92. The molecule has 0 saturated carbocycles. The monoisotopic (exact) mass is 314 g/mol. The zero-order valence-electron chi connectivity index (χ0n) is 13.5. The number of rotatable bonds is 3. The van der Waals surface area contributed by atoms with Gasteiger partial charge in [-0.1, -0.05) is 22.9 Å². The quantitative estimate of drug-likeness (QED) is 0.938. The largest absolute Gasteiger partial charge is 0.393 e. The van der Waals surface area contributed by atoms with Gasteiger partial charge in [-0.3, -0.25) is 4.79 Å². The van der Waals surface area contributed by atoms with Crippen LogP contribution in [0.1, 0.15) is 35.8 Å². The molecule has 0 radical (unpaired) electrons. The Labute approximate surface area is 135 Å². The molecule has 2 aromatic rings. The second-order valence-electron chi connectivity index (χ2n) is 6.25. The third-order valence-corrected chi connectivity index (χ3v) is 4.52. The molecule has 1 fully saturated rings. The summed E-state index contributed by atoms with van der Waals surface area (Å²) in [6.45, 7) is 5.16. The highest BCUT2D eigenvalue weighted by atomic mass is 16.3. The van der Waals surface area contributed by atoms with Gasteiger partial charge in [0.2, 0.25) is 0 Å². The maximum Gasteiger partial charge on any atom is 0.276 e. The van der Waals surface area contributed by atoms with Crippen LogP contribution >= 0.6 is 0 Å². The number of carbonyl (C=O) groups is 1.